The van der Waals surface area contributed by atoms with E-state index in [1.807, 2.05) is 91.6 Å². The number of aryl methyl sites for hydroxylation is 2. The third-order valence-corrected chi connectivity index (χ3v) is 9.37. The normalized spacial score (nSPS) is 13.0. The van der Waals surface area contributed by atoms with Crippen molar-refractivity contribution in [2.75, 3.05) is 39.9 Å². The second-order valence-electron chi connectivity index (χ2n) is 12.8. The van der Waals surface area contributed by atoms with Crippen LogP contribution >= 0.6 is 24.0 Å². The Kier molecular flexibility index (Phi) is 14.2. The van der Waals surface area contributed by atoms with Gasteiger partial charge in [0.15, 0.2) is 0 Å². The number of piperazine rings is 1. The standard InChI is InChI=1S/C43H44ClN3O5.ClH/c1-31-26-35(27-32(2)43(31)52-41-18-17-39(28-45-41)51-30-36-6-4-5-7-40(36)44)12-19-42(48)47-23-21-46(22-24-47)29-34-10-8-33(9-11-34)20-25-50-38-15-13-37(49-3)14-16-38;/h4-19,26-28H,20-25,29-30H2,1-3H3;1H. The summed E-state index contributed by atoms with van der Waals surface area (Å²) in [6, 6.07) is 31.6. The molecule has 0 bridgehead atoms. The lowest BCUT2D eigenvalue weighted by molar-refractivity contribution is -0.127. The van der Waals surface area contributed by atoms with Crippen molar-refractivity contribution in [2.45, 2.75) is 33.4 Å². The van der Waals surface area contributed by atoms with Crippen molar-refractivity contribution in [1.29, 1.82) is 0 Å². The Bertz CT molecular complexity index is 1940. The number of hydrogen-bond acceptors (Lipinski definition) is 7. The highest BCUT2D eigenvalue weighted by Gasteiger charge is 2.20. The van der Waals surface area contributed by atoms with E-state index >= 15 is 0 Å². The Balaban J connectivity index is 0.00000541. The predicted molar refractivity (Wildman–Crippen MR) is 213 cm³/mol. The fraction of sp³-hybridized carbons (Fsp3) is 0.256. The molecule has 1 aliphatic heterocycles. The molecular weight excluding hydrogens is 709 g/mol. The number of carbonyl (C=O) groups excluding carboxylic acids is 1. The predicted octanol–water partition coefficient (Wildman–Crippen LogP) is 9.13. The van der Waals surface area contributed by atoms with Crippen molar-refractivity contribution in [1.82, 2.24) is 14.8 Å². The van der Waals surface area contributed by atoms with E-state index in [1.54, 1.807) is 25.4 Å². The minimum atomic E-state index is 0. The summed E-state index contributed by atoms with van der Waals surface area (Å²) in [7, 11) is 1.66. The van der Waals surface area contributed by atoms with Crippen LogP contribution in [0.25, 0.3) is 6.08 Å². The number of benzene rings is 4. The molecule has 4 aromatic carbocycles. The highest BCUT2D eigenvalue weighted by Crippen LogP contribution is 2.30. The zero-order valence-corrected chi connectivity index (χ0v) is 31.9. The van der Waals surface area contributed by atoms with Crippen LogP contribution in [0.3, 0.4) is 0 Å². The SMILES string of the molecule is COc1ccc(OCCc2ccc(CN3CCN(C(=O)C=Cc4cc(C)c(Oc5ccc(OCc6ccccc6Cl)cn5)c(C)c4)CC3)cc2)cc1.Cl. The molecule has 1 amide bonds. The van der Waals surface area contributed by atoms with Gasteiger partial charge < -0.3 is 23.8 Å². The van der Waals surface area contributed by atoms with Gasteiger partial charge in [-0.25, -0.2) is 4.98 Å². The number of pyridine rings is 1. The summed E-state index contributed by atoms with van der Waals surface area (Å²) in [5.41, 5.74) is 6.28. The molecule has 6 rings (SSSR count). The molecule has 0 aliphatic carbocycles. The van der Waals surface area contributed by atoms with Gasteiger partial charge in [0.1, 0.15) is 29.6 Å². The molecule has 0 radical (unpaired) electrons. The molecule has 0 spiro atoms. The summed E-state index contributed by atoms with van der Waals surface area (Å²) < 4.78 is 23.1. The zero-order valence-electron chi connectivity index (χ0n) is 30.3. The third-order valence-electron chi connectivity index (χ3n) is 9.00. The van der Waals surface area contributed by atoms with Crippen LogP contribution in [0.15, 0.2) is 109 Å². The number of halogens is 2. The van der Waals surface area contributed by atoms with Crippen LogP contribution < -0.4 is 18.9 Å². The molecule has 1 saturated heterocycles. The lowest BCUT2D eigenvalue weighted by Gasteiger charge is -2.34. The summed E-state index contributed by atoms with van der Waals surface area (Å²) in [6.07, 6.45) is 6.03. The van der Waals surface area contributed by atoms with E-state index in [0.29, 0.717) is 43.0 Å². The van der Waals surface area contributed by atoms with Crippen molar-refractivity contribution >= 4 is 36.0 Å². The second-order valence-corrected chi connectivity index (χ2v) is 13.2. The number of carbonyl (C=O) groups is 1. The van der Waals surface area contributed by atoms with Crippen molar-refractivity contribution in [3.63, 3.8) is 0 Å². The molecule has 1 fully saturated rings. The largest absolute Gasteiger partial charge is 0.497 e. The Morgan fingerprint density at radius 3 is 2.13 bits per heavy atom. The molecule has 53 heavy (non-hydrogen) atoms. The first-order chi connectivity index (χ1) is 25.3. The van der Waals surface area contributed by atoms with E-state index < -0.39 is 0 Å². The van der Waals surface area contributed by atoms with Crippen LogP contribution in [0, 0.1) is 13.8 Å². The molecule has 276 valence electrons. The Morgan fingerprint density at radius 1 is 0.811 bits per heavy atom. The fourth-order valence-electron chi connectivity index (χ4n) is 6.06. The molecule has 0 N–H and O–H groups in total. The van der Waals surface area contributed by atoms with E-state index in [-0.39, 0.29) is 18.3 Å². The summed E-state index contributed by atoms with van der Waals surface area (Å²) in [6.45, 7) is 8.90. The number of methoxy groups -OCH3 is 1. The molecule has 2 heterocycles. The van der Waals surface area contributed by atoms with Crippen LogP contribution in [0.4, 0.5) is 0 Å². The highest BCUT2D eigenvalue weighted by molar-refractivity contribution is 6.31. The van der Waals surface area contributed by atoms with Gasteiger partial charge in [0.05, 0.1) is 19.9 Å². The minimum Gasteiger partial charge on any atom is -0.497 e. The number of hydrogen-bond donors (Lipinski definition) is 0. The maximum Gasteiger partial charge on any atom is 0.246 e. The molecule has 0 atom stereocenters. The van der Waals surface area contributed by atoms with Crippen LogP contribution in [0.5, 0.6) is 28.9 Å². The van der Waals surface area contributed by atoms with E-state index in [2.05, 4.69) is 34.1 Å². The summed E-state index contributed by atoms with van der Waals surface area (Å²) >= 11 is 6.23. The Hall–Kier alpha value is -5.02. The van der Waals surface area contributed by atoms with E-state index in [9.17, 15) is 4.79 Å². The van der Waals surface area contributed by atoms with Gasteiger partial charge in [0, 0.05) is 61.9 Å². The zero-order chi connectivity index (χ0) is 36.3. The number of aromatic nitrogens is 1. The first kappa shape index (κ1) is 39.2. The van der Waals surface area contributed by atoms with Gasteiger partial charge in [0.2, 0.25) is 11.8 Å². The van der Waals surface area contributed by atoms with Gasteiger partial charge in [-0.3, -0.25) is 9.69 Å². The molecule has 1 aromatic heterocycles. The van der Waals surface area contributed by atoms with Crippen LogP contribution in [-0.4, -0.2) is 60.6 Å². The highest BCUT2D eigenvalue weighted by atomic mass is 35.5. The van der Waals surface area contributed by atoms with Gasteiger partial charge in [0.25, 0.3) is 0 Å². The minimum absolute atomic E-state index is 0. The molecule has 5 aromatic rings. The number of nitrogens with zero attached hydrogens (tertiary/aromatic N) is 3. The van der Waals surface area contributed by atoms with Gasteiger partial charge in [-0.2, -0.15) is 0 Å². The summed E-state index contributed by atoms with van der Waals surface area (Å²) in [5, 5.41) is 0.668. The lowest BCUT2D eigenvalue weighted by atomic mass is 10.1. The van der Waals surface area contributed by atoms with Gasteiger partial charge in [-0.1, -0.05) is 54.1 Å². The Labute approximate surface area is 323 Å². The molecule has 8 nitrogen and oxygen atoms in total. The van der Waals surface area contributed by atoms with E-state index in [0.717, 1.165) is 65.6 Å². The van der Waals surface area contributed by atoms with Gasteiger partial charge >= 0.3 is 0 Å². The monoisotopic (exact) mass is 753 g/mol. The topological polar surface area (TPSA) is 73.4 Å². The summed E-state index contributed by atoms with van der Waals surface area (Å²) in [4.78, 5) is 21.8. The van der Waals surface area contributed by atoms with E-state index in [4.69, 9.17) is 30.5 Å². The van der Waals surface area contributed by atoms with Crippen LogP contribution in [-0.2, 0) is 24.4 Å². The van der Waals surface area contributed by atoms with Crippen molar-refractivity contribution in [2.24, 2.45) is 0 Å². The molecule has 0 unspecified atom stereocenters. The average Bonchev–Trinajstić information content (AvgIpc) is 3.17. The first-order valence-corrected chi connectivity index (χ1v) is 17.9. The smallest absolute Gasteiger partial charge is 0.246 e. The average molecular weight is 755 g/mol. The fourth-order valence-corrected chi connectivity index (χ4v) is 6.25. The first-order valence-electron chi connectivity index (χ1n) is 17.5. The van der Waals surface area contributed by atoms with Crippen molar-refractivity contribution in [3.05, 3.63) is 148 Å². The van der Waals surface area contributed by atoms with Gasteiger partial charge in [-0.05, 0) is 96.3 Å². The molecule has 1 aliphatic rings. The van der Waals surface area contributed by atoms with Crippen molar-refractivity contribution in [3.8, 4) is 28.9 Å². The number of amides is 1. The van der Waals surface area contributed by atoms with E-state index in [1.165, 1.54) is 11.1 Å². The summed E-state index contributed by atoms with van der Waals surface area (Å²) in [5.74, 6) is 3.52. The molecular formula is C43H45Cl2N3O5. The second kappa shape index (κ2) is 19.2. The quantitative estimate of drug-likeness (QED) is 0.105. The van der Waals surface area contributed by atoms with Crippen LogP contribution in [0.2, 0.25) is 5.02 Å². The molecule has 10 heteroatoms. The molecule has 0 saturated carbocycles. The Morgan fingerprint density at radius 2 is 1.47 bits per heavy atom. The number of ether oxygens (including phenoxy) is 4. The van der Waals surface area contributed by atoms with Gasteiger partial charge in [-0.15, -0.1) is 12.4 Å². The third kappa shape index (κ3) is 11.2. The van der Waals surface area contributed by atoms with Crippen molar-refractivity contribution < 1.29 is 23.7 Å². The van der Waals surface area contributed by atoms with Crippen LogP contribution in [0.1, 0.15) is 33.4 Å². The lowest BCUT2D eigenvalue weighted by Crippen LogP contribution is -2.47. The number of rotatable bonds is 14. The maximum atomic E-state index is 13.1. The maximum absolute atomic E-state index is 13.1.